The van der Waals surface area contributed by atoms with Gasteiger partial charge < -0.3 is 15.7 Å². The molecule has 0 aromatic heterocycles. The van der Waals surface area contributed by atoms with Gasteiger partial charge in [0, 0.05) is 6.04 Å². The summed E-state index contributed by atoms with van der Waals surface area (Å²) in [5, 5.41) is 14.9. The van der Waals surface area contributed by atoms with Crippen LogP contribution in [0.1, 0.15) is 71.6 Å². The van der Waals surface area contributed by atoms with Crippen LogP contribution in [0.2, 0.25) is 0 Å². The first-order valence-corrected chi connectivity index (χ1v) is 7.86. The molecular formula is C15H28N2O3. The highest BCUT2D eigenvalue weighted by molar-refractivity contribution is 5.86. The minimum atomic E-state index is -1.15. The monoisotopic (exact) mass is 284 g/mol. The summed E-state index contributed by atoms with van der Waals surface area (Å²) in [6.45, 7) is 3.57. The topological polar surface area (TPSA) is 78.4 Å². The highest BCUT2D eigenvalue weighted by Gasteiger charge is 2.36. The third kappa shape index (κ3) is 4.69. The number of aliphatic carboxylic acids is 1. The van der Waals surface area contributed by atoms with E-state index in [-0.39, 0.29) is 12.1 Å². The van der Waals surface area contributed by atoms with Crippen molar-refractivity contribution in [3.8, 4) is 0 Å². The Kier molecular flexibility index (Phi) is 6.82. The number of carboxylic acids is 1. The van der Waals surface area contributed by atoms with Crippen molar-refractivity contribution in [2.75, 3.05) is 0 Å². The fourth-order valence-electron chi connectivity index (χ4n) is 2.82. The zero-order chi connectivity index (χ0) is 15.0. The first-order valence-electron chi connectivity index (χ1n) is 7.86. The summed E-state index contributed by atoms with van der Waals surface area (Å²) < 4.78 is 0. The number of hydrogen-bond acceptors (Lipinski definition) is 2. The number of carbonyl (C=O) groups excluding carboxylic acids is 1. The molecule has 0 spiro atoms. The van der Waals surface area contributed by atoms with Crippen molar-refractivity contribution in [3.63, 3.8) is 0 Å². The van der Waals surface area contributed by atoms with Crippen LogP contribution in [0.25, 0.3) is 0 Å². The molecule has 116 valence electrons. The van der Waals surface area contributed by atoms with E-state index in [0.29, 0.717) is 12.8 Å². The van der Waals surface area contributed by atoms with Crippen LogP contribution in [0.3, 0.4) is 0 Å². The molecule has 0 heterocycles. The zero-order valence-corrected chi connectivity index (χ0v) is 12.7. The summed E-state index contributed by atoms with van der Waals surface area (Å²) in [7, 11) is 0. The van der Waals surface area contributed by atoms with Gasteiger partial charge in [-0.25, -0.2) is 9.59 Å². The van der Waals surface area contributed by atoms with Crippen molar-refractivity contribution in [2.24, 2.45) is 0 Å². The van der Waals surface area contributed by atoms with Crippen molar-refractivity contribution in [3.05, 3.63) is 0 Å². The van der Waals surface area contributed by atoms with Gasteiger partial charge in [-0.2, -0.15) is 0 Å². The van der Waals surface area contributed by atoms with Gasteiger partial charge in [0.05, 0.1) is 0 Å². The summed E-state index contributed by atoms with van der Waals surface area (Å²) in [6.07, 6.45) is 8.76. The number of carboxylic acid groups (broad SMARTS) is 1. The van der Waals surface area contributed by atoms with E-state index in [1.165, 1.54) is 19.3 Å². The second kappa shape index (κ2) is 8.12. The van der Waals surface area contributed by atoms with Crippen LogP contribution in [0.4, 0.5) is 4.79 Å². The molecule has 0 saturated heterocycles. The van der Waals surface area contributed by atoms with Crippen molar-refractivity contribution in [1.82, 2.24) is 10.6 Å². The maximum absolute atomic E-state index is 12.1. The molecular weight excluding hydrogens is 256 g/mol. The summed E-state index contributed by atoms with van der Waals surface area (Å²) in [5.74, 6) is -0.963. The summed E-state index contributed by atoms with van der Waals surface area (Å²) in [4.78, 5) is 23.4. The third-order valence-electron chi connectivity index (χ3n) is 4.41. The minimum Gasteiger partial charge on any atom is -0.480 e. The molecule has 0 atom stereocenters. The van der Waals surface area contributed by atoms with E-state index in [1.807, 2.05) is 0 Å². The largest absolute Gasteiger partial charge is 0.480 e. The summed E-state index contributed by atoms with van der Waals surface area (Å²) in [6, 6.07) is -0.169. The number of carbonyl (C=O) groups is 2. The standard InChI is InChI=1S/C15H28N2O3/c1-3-15(4-2,13(18)19)17-14(20)16-12-10-8-6-5-7-9-11-12/h12H,3-11H2,1-2H3,(H,18,19)(H2,16,17,20). The van der Waals surface area contributed by atoms with Gasteiger partial charge in [0.25, 0.3) is 0 Å². The predicted octanol–water partition coefficient (Wildman–Crippen LogP) is 3.04. The Morgan fingerprint density at radius 1 is 1.05 bits per heavy atom. The third-order valence-corrected chi connectivity index (χ3v) is 4.41. The Hall–Kier alpha value is -1.26. The number of rotatable bonds is 5. The van der Waals surface area contributed by atoms with Crippen LogP contribution in [0.5, 0.6) is 0 Å². The van der Waals surface area contributed by atoms with E-state index in [9.17, 15) is 14.7 Å². The van der Waals surface area contributed by atoms with Crippen molar-refractivity contribution in [2.45, 2.75) is 83.2 Å². The van der Waals surface area contributed by atoms with Gasteiger partial charge in [-0.05, 0) is 25.7 Å². The summed E-state index contributed by atoms with van der Waals surface area (Å²) >= 11 is 0. The second-order valence-corrected chi connectivity index (χ2v) is 5.73. The van der Waals surface area contributed by atoms with Crippen LogP contribution < -0.4 is 10.6 Å². The highest BCUT2D eigenvalue weighted by atomic mass is 16.4. The van der Waals surface area contributed by atoms with Gasteiger partial charge in [0.2, 0.25) is 0 Å². The first-order chi connectivity index (χ1) is 9.54. The van der Waals surface area contributed by atoms with E-state index < -0.39 is 11.5 Å². The fourth-order valence-corrected chi connectivity index (χ4v) is 2.82. The zero-order valence-electron chi connectivity index (χ0n) is 12.7. The molecule has 0 radical (unpaired) electrons. The van der Waals surface area contributed by atoms with Gasteiger partial charge >= 0.3 is 12.0 Å². The lowest BCUT2D eigenvalue weighted by Gasteiger charge is -2.30. The second-order valence-electron chi connectivity index (χ2n) is 5.73. The average Bonchev–Trinajstić information content (AvgIpc) is 2.38. The lowest BCUT2D eigenvalue weighted by molar-refractivity contribution is -0.144. The molecule has 1 fully saturated rings. The summed E-state index contributed by atoms with van der Waals surface area (Å²) in [5.41, 5.74) is -1.15. The molecule has 0 bridgehead atoms. The normalized spacial score (nSPS) is 17.9. The highest BCUT2D eigenvalue weighted by Crippen LogP contribution is 2.18. The van der Waals surface area contributed by atoms with Gasteiger partial charge in [-0.3, -0.25) is 0 Å². The molecule has 5 nitrogen and oxygen atoms in total. The smallest absolute Gasteiger partial charge is 0.329 e. The van der Waals surface area contributed by atoms with Gasteiger partial charge in [0.1, 0.15) is 5.54 Å². The molecule has 1 aliphatic carbocycles. The Labute approximate surface area is 121 Å². The quantitative estimate of drug-likeness (QED) is 0.726. The van der Waals surface area contributed by atoms with Gasteiger partial charge in [-0.15, -0.1) is 0 Å². The average molecular weight is 284 g/mol. The van der Waals surface area contributed by atoms with E-state index in [4.69, 9.17) is 0 Å². The Bertz CT molecular complexity index is 319. The van der Waals surface area contributed by atoms with Crippen molar-refractivity contribution < 1.29 is 14.7 Å². The van der Waals surface area contributed by atoms with Crippen molar-refractivity contribution in [1.29, 1.82) is 0 Å². The number of hydrogen-bond donors (Lipinski definition) is 3. The van der Waals surface area contributed by atoms with Crippen LogP contribution in [0, 0.1) is 0 Å². The molecule has 0 aliphatic heterocycles. The van der Waals surface area contributed by atoms with E-state index in [2.05, 4.69) is 10.6 Å². The number of amides is 2. The first kappa shape index (κ1) is 16.8. The molecule has 1 aliphatic rings. The van der Waals surface area contributed by atoms with Crippen molar-refractivity contribution >= 4 is 12.0 Å². The number of urea groups is 1. The Morgan fingerprint density at radius 2 is 1.55 bits per heavy atom. The fraction of sp³-hybridized carbons (Fsp3) is 0.867. The Morgan fingerprint density at radius 3 is 2.00 bits per heavy atom. The van der Waals surface area contributed by atoms with Crippen LogP contribution >= 0.6 is 0 Å². The lowest BCUT2D eigenvalue weighted by Crippen LogP contribution is -2.57. The van der Waals surface area contributed by atoms with E-state index >= 15 is 0 Å². The minimum absolute atomic E-state index is 0.176. The van der Waals surface area contributed by atoms with E-state index in [0.717, 1.165) is 25.7 Å². The molecule has 2 amide bonds. The maximum Gasteiger partial charge on any atom is 0.329 e. The SMILES string of the molecule is CCC(CC)(NC(=O)NC1CCCCCCC1)C(=O)O. The molecule has 0 aromatic rings. The Balaban J connectivity index is 2.54. The molecule has 1 rings (SSSR count). The number of nitrogens with one attached hydrogen (secondary N) is 2. The molecule has 3 N–H and O–H groups in total. The molecule has 20 heavy (non-hydrogen) atoms. The van der Waals surface area contributed by atoms with Gasteiger partial charge in [0.15, 0.2) is 0 Å². The molecule has 5 heteroatoms. The molecule has 0 unspecified atom stereocenters. The predicted molar refractivity (Wildman–Crippen MR) is 78.7 cm³/mol. The van der Waals surface area contributed by atoms with Crippen LogP contribution in [0.15, 0.2) is 0 Å². The molecule has 1 saturated carbocycles. The van der Waals surface area contributed by atoms with Crippen LogP contribution in [-0.4, -0.2) is 28.7 Å². The van der Waals surface area contributed by atoms with E-state index in [1.54, 1.807) is 13.8 Å². The molecule has 0 aromatic carbocycles. The van der Waals surface area contributed by atoms with Crippen LogP contribution in [-0.2, 0) is 4.79 Å². The lowest BCUT2D eigenvalue weighted by atomic mass is 9.93. The van der Waals surface area contributed by atoms with Gasteiger partial charge in [-0.1, -0.05) is 46.0 Å². The maximum atomic E-state index is 12.1.